The van der Waals surface area contributed by atoms with E-state index in [1.807, 2.05) is 68.7 Å². The molecule has 1 aromatic carbocycles. The molecule has 21 heavy (non-hydrogen) atoms. The molecule has 1 aromatic heterocycles. The Hall–Kier alpha value is -1.84. The molecule has 0 saturated heterocycles. The number of pyridine rings is 1. The van der Waals surface area contributed by atoms with E-state index in [4.69, 9.17) is 4.74 Å². The van der Waals surface area contributed by atoms with Crippen LogP contribution in [0.4, 0.5) is 0 Å². The van der Waals surface area contributed by atoms with Crippen LogP contribution < -0.4 is 4.74 Å². The van der Waals surface area contributed by atoms with E-state index in [9.17, 15) is 0 Å². The van der Waals surface area contributed by atoms with Crippen molar-refractivity contribution >= 4 is 24.6 Å². The van der Waals surface area contributed by atoms with Crippen molar-refractivity contribution in [1.82, 2.24) is 9.88 Å². The molecule has 2 rings (SSSR count). The number of aromatic nitrogens is 1. The van der Waals surface area contributed by atoms with Gasteiger partial charge >= 0.3 is 0 Å². The molecule has 0 aliphatic heterocycles. The predicted octanol–water partition coefficient (Wildman–Crippen LogP) is 3.61. The molecule has 0 saturated carbocycles. The lowest BCUT2D eigenvalue weighted by molar-refractivity contribution is 0.261. The smallest absolute Gasteiger partial charge is 0.126 e. The Balaban J connectivity index is 0.00000220. The average Bonchev–Trinajstić information content (AvgIpc) is 2.47. The molecule has 0 aliphatic rings. The number of halogens is 1. The molecule has 0 N–H and O–H groups in total. The first-order valence-corrected chi connectivity index (χ1v) is 6.71. The van der Waals surface area contributed by atoms with Crippen LogP contribution in [0.3, 0.4) is 0 Å². The van der Waals surface area contributed by atoms with Gasteiger partial charge in [0.1, 0.15) is 12.4 Å². The second-order valence-corrected chi connectivity index (χ2v) is 4.78. The van der Waals surface area contributed by atoms with Gasteiger partial charge in [-0.2, -0.15) is 0 Å². The number of para-hydroxylation sites is 1. The van der Waals surface area contributed by atoms with Gasteiger partial charge in [-0.1, -0.05) is 24.3 Å². The zero-order chi connectivity index (χ0) is 14.2. The summed E-state index contributed by atoms with van der Waals surface area (Å²) in [7, 11) is 4.08. The molecule has 0 aliphatic carbocycles. The summed E-state index contributed by atoms with van der Waals surface area (Å²) in [4.78, 5) is 6.38. The van der Waals surface area contributed by atoms with Gasteiger partial charge in [-0.3, -0.25) is 4.98 Å². The van der Waals surface area contributed by atoms with Crippen LogP contribution in [-0.4, -0.2) is 37.1 Å². The summed E-state index contributed by atoms with van der Waals surface area (Å²) in [5, 5.41) is 0. The monoisotopic (exact) mass is 304 g/mol. The van der Waals surface area contributed by atoms with E-state index < -0.39 is 0 Å². The van der Waals surface area contributed by atoms with E-state index in [2.05, 4.69) is 9.88 Å². The summed E-state index contributed by atoms with van der Waals surface area (Å²) in [6.45, 7) is 1.58. The summed E-state index contributed by atoms with van der Waals surface area (Å²) in [6.07, 6.45) is 5.82. The van der Waals surface area contributed by atoms with Crippen molar-refractivity contribution in [3.63, 3.8) is 0 Å². The summed E-state index contributed by atoms with van der Waals surface area (Å²) in [5.74, 6) is 0.904. The SMILES string of the molecule is CN(C)CCOc1ccccc1/C=C/c1ccccn1.Cl. The molecule has 0 spiro atoms. The number of benzene rings is 1. The molecule has 2 aromatic rings. The van der Waals surface area contributed by atoms with E-state index in [0.29, 0.717) is 6.61 Å². The highest BCUT2D eigenvalue weighted by Gasteiger charge is 2.00. The fourth-order valence-electron chi connectivity index (χ4n) is 1.74. The molecule has 1 heterocycles. The van der Waals surface area contributed by atoms with Gasteiger partial charge in [0, 0.05) is 18.3 Å². The van der Waals surface area contributed by atoms with Gasteiger partial charge in [0.05, 0.1) is 5.69 Å². The molecule has 4 heteroatoms. The maximum absolute atomic E-state index is 5.82. The van der Waals surface area contributed by atoms with Crippen molar-refractivity contribution in [2.75, 3.05) is 27.2 Å². The summed E-state index contributed by atoms with van der Waals surface area (Å²) >= 11 is 0. The zero-order valence-corrected chi connectivity index (χ0v) is 13.2. The molecule has 0 radical (unpaired) electrons. The summed E-state index contributed by atoms with van der Waals surface area (Å²) < 4.78 is 5.82. The Morgan fingerprint density at radius 2 is 1.81 bits per heavy atom. The number of nitrogens with zero attached hydrogens (tertiary/aromatic N) is 2. The molecule has 112 valence electrons. The zero-order valence-electron chi connectivity index (χ0n) is 12.4. The van der Waals surface area contributed by atoms with Crippen molar-refractivity contribution in [1.29, 1.82) is 0 Å². The lowest BCUT2D eigenvalue weighted by Gasteiger charge is -2.12. The van der Waals surface area contributed by atoms with Gasteiger partial charge < -0.3 is 9.64 Å². The van der Waals surface area contributed by atoms with Gasteiger partial charge in [0.15, 0.2) is 0 Å². The number of likely N-dealkylation sites (N-methyl/N-ethyl adjacent to an activating group) is 1. The topological polar surface area (TPSA) is 25.4 Å². The second-order valence-electron chi connectivity index (χ2n) is 4.78. The van der Waals surface area contributed by atoms with Crippen molar-refractivity contribution in [2.45, 2.75) is 0 Å². The van der Waals surface area contributed by atoms with Crippen molar-refractivity contribution in [3.8, 4) is 5.75 Å². The quantitative estimate of drug-likeness (QED) is 0.815. The van der Waals surface area contributed by atoms with Gasteiger partial charge in [-0.05, 0) is 44.4 Å². The maximum atomic E-state index is 5.82. The average molecular weight is 305 g/mol. The van der Waals surface area contributed by atoms with Crippen LogP contribution in [0.25, 0.3) is 12.2 Å². The van der Waals surface area contributed by atoms with Gasteiger partial charge in [0.2, 0.25) is 0 Å². The van der Waals surface area contributed by atoms with E-state index >= 15 is 0 Å². The van der Waals surface area contributed by atoms with E-state index in [0.717, 1.165) is 23.6 Å². The Morgan fingerprint density at radius 3 is 2.52 bits per heavy atom. The van der Waals surface area contributed by atoms with Crippen LogP contribution in [-0.2, 0) is 0 Å². The molecule has 0 bridgehead atoms. The van der Waals surface area contributed by atoms with Crippen molar-refractivity contribution in [2.24, 2.45) is 0 Å². The molecule has 0 unspecified atom stereocenters. The first-order valence-electron chi connectivity index (χ1n) is 6.71. The predicted molar refractivity (Wildman–Crippen MR) is 90.9 cm³/mol. The standard InChI is InChI=1S/C17H20N2O.ClH/c1-19(2)13-14-20-17-9-4-3-7-15(17)10-11-16-8-5-6-12-18-16;/h3-12H,13-14H2,1-2H3;1H/b11-10+;. The van der Waals surface area contributed by atoms with Crippen LogP contribution in [0, 0.1) is 0 Å². The fourth-order valence-corrected chi connectivity index (χ4v) is 1.74. The number of hydrogen-bond donors (Lipinski definition) is 0. The minimum Gasteiger partial charge on any atom is -0.492 e. The van der Waals surface area contributed by atoms with Crippen LogP contribution in [0.2, 0.25) is 0 Å². The normalized spacial score (nSPS) is 10.6. The van der Waals surface area contributed by atoms with Crippen LogP contribution in [0.1, 0.15) is 11.3 Å². The molecule has 3 nitrogen and oxygen atoms in total. The van der Waals surface area contributed by atoms with Crippen LogP contribution >= 0.6 is 12.4 Å². The Labute approximate surface area is 132 Å². The maximum Gasteiger partial charge on any atom is 0.126 e. The van der Waals surface area contributed by atoms with E-state index in [-0.39, 0.29) is 12.4 Å². The fraction of sp³-hybridized carbons (Fsp3) is 0.235. The number of rotatable bonds is 6. The third-order valence-electron chi connectivity index (χ3n) is 2.84. The highest BCUT2D eigenvalue weighted by Crippen LogP contribution is 2.20. The van der Waals surface area contributed by atoms with Gasteiger partial charge in [0.25, 0.3) is 0 Å². The summed E-state index contributed by atoms with van der Waals surface area (Å²) in [6, 6.07) is 13.9. The molecular weight excluding hydrogens is 284 g/mol. The van der Waals surface area contributed by atoms with Crippen molar-refractivity contribution < 1.29 is 4.74 Å². The minimum atomic E-state index is 0. The lowest BCUT2D eigenvalue weighted by atomic mass is 10.1. The minimum absolute atomic E-state index is 0. The third kappa shape index (κ3) is 5.98. The highest BCUT2D eigenvalue weighted by molar-refractivity contribution is 5.85. The van der Waals surface area contributed by atoms with Crippen molar-refractivity contribution in [3.05, 3.63) is 59.9 Å². The molecule has 0 amide bonds. The first-order chi connectivity index (χ1) is 9.75. The molecule has 0 fully saturated rings. The van der Waals surface area contributed by atoms with E-state index in [1.54, 1.807) is 6.20 Å². The Kier molecular flexibility index (Phi) is 7.51. The summed E-state index contributed by atoms with van der Waals surface area (Å²) in [5.41, 5.74) is 2.01. The number of hydrogen-bond acceptors (Lipinski definition) is 3. The lowest BCUT2D eigenvalue weighted by Crippen LogP contribution is -2.19. The Morgan fingerprint density at radius 1 is 1.05 bits per heavy atom. The van der Waals surface area contributed by atoms with Crippen LogP contribution in [0.15, 0.2) is 48.7 Å². The Bertz CT molecular complexity index is 556. The highest BCUT2D eigenvalue weighted by atomic mass is 35.5. The third-order valence-corrected chi connectivity index (χ3v) is 2.84. The van der Waals surface area contributed by atoms with Gasteiger partial charge in [-0.15, -0.1) is 12.4 Å². The van der Waals surface area contributed by atoms with Gasteiger partial charge in [-0.25, -0.2) is 0 Å². The molecule has 0 atom stereocenters. The molecular formula is C17H21ClN2O. The second kappa shape index (κ2) is 9.16. The first kappa shape index (κ1) is 17.2. The van der Waals surface area contributed by atoms with Crippen LogP contribution in [0.5, 0.6) is 5.75 Å². The van der Waals surface area contributed by atoms with E-state index in [1.165, 1.54) is 0 Å². The number of ether oxygens (including phenoxy) is 1. The largest absolute Gasteiger partial charge is 0.492 e.